The summed E-state index contributed by atoms with van der Waals surface area (Å²) in [5, 5.41) is 3.71. The van der Waals surface area contributed by atoms with Gasteiger partial charge in [-0.3, -0.25) is 0 Å². The Morgan fingerprint density at radius 3 is 2.17 bits per heavy atom. The molecule has 0 saturated carbocycles. The molecular weight excluding hydrogens is 442 g/mol. The fourth-order valence-corrected chi connectivity index (χ4v) is 5.24. The zero-order valence-electron chi connectivity index (χ0n) is 24.5. The number of benzene rings is 1. The maximum atomic E-state index is 8.81. The largest absolute Gasteiger partial charge is 0.384 e. The van der Waals surface area contributed by atoms with Gasteiger partial charge in [-0.2, -0.15) is 0 Å². The summed E-state index contributed by atoms with van der Waals surface area (Å²) < 4.78 is 0. The third-order valence-corrected chi connectivity index (χ3v) is 7.21. The second-order valence-electron chi connectivity index (χ2n) is 9.11. The number of rotatable bonds is 4. The molecule has 1 N–H and O–H groups in total. The molecule has 0 bridgehead atoms. The molecule has 0 aromatic heterocycles. The molecule has 4 heteroatoms. The molecule has 36 heavy (non-hydrogen) atoms. The molecule has 1 aromatic rings. The molecule has 0 atom stereocenters. The number of hydrogen-bond acceptors (Lipinski definition) is 4. The number of carbonyl (C=O) groups excluding carboxylic acids is 1. The van der Waals surface area contributed by atoms with Crippen molar-refractivity contribution >= 4 is 17.5 Å². The van der Waals surface area contributed by atoms with Crippen LogP contribution in [0.3, 0.4) is 0 Å². The van der Waals surface area contributed by atoms with E-state index in [1.165, 1.54) is 75.6 Å². The first-order valence-corrected chi connectivity index (χ1v) is 14.0. The third kappa shape index (κ3) is 9.37. The highest BCUT2D eigenvalue weighted by Gasteiger charge is 2.42. The van der Waals surface area contributed by atoms with Crippen LogP contribution in [-0.2, 0) is 10.2 Å². The Morgan fingerprint density at radius 2 is 1.64 bits per heavy atom. The Hall–Kier alpha value is -2.17. The van der Waals surface area contributed by atoms with Crippen molar-refractivity contribution < 1.29 is 4.79 Å². The van der Waals surface area contributed by atoms with Gasteiger partial charge in [-0.05, 0) is 108 Å². The number of aldehydes is 1. The molecule has 1 spiro atoms. The van der Waals surface area contributed by atoms with E-state index in [1.807, 2.05) is 33.8 Å². The Kier molecular flexibility index (Phi) is 17.9. The molecule has 3 aliphatic heterocycles. The summed E-state index contributed by atoms with van der Waals surface area (Å²) in [6, 6.07) is 7.85. The summed E-state index contributed by atoms with van der Waals surface area (Å²) in [6.45, 7) is 27.7. The van der Waals surface area contributed by atoms with Gasteiger partial charge in [0.05, 0.1) is 0 Å². The van der Waals surface area contributed by atoms with Crippen LogP contribution in [0.25, 0.3) is 5.57 Å². The predicted molar refractivity (Wildman–Crippen MR) is 162 cm³/mol. The van der Waals surface area contributed by atoms with Gasteiger partial charge in [0, 0.05) is 23.7 Å². The van der Waals surface area contributed by atoms with Gasteiger partial charge in [-0.25, -0.2) is 0 Å². The minimum Gasteiger partial charge on any atom is -0.384 e. The quantitative estimate of drug-likeness (QED) is 0.343. The number of likely N-dealkylation sites (tertiary alicyclic amines) is 2. The van der Waals surface area contributed by atoms with Crippen LogP contribution >= 0.6 is 0 Å². The second kappa shape index (κ2) is 19.0. The number of nitrogens with zero attached hydrogens (tertiary/aromatic N) is 2. The van der Waals surface area contributed by atoms with E-state index in [9.17, 15) is 0 Å². The first-order valence-electron chi connectivity index (χ1n) is 14.0. The topological polar surface area (TPSA) is 35.6 Å². The van der Waals surface area contributed by atoms with E-state index in [2.05, 4.69) is 73.1 Å². The highest BCUT2D eigenvalue weighted by molar-refractivity contribution is 5.71. The first-order chi connectivity index (χ1) is 17.5. The molecule has 2 saturated heterocycles. The van der Waals surface area contributed by atoms with Crippen molar-refractivity contribution in [2.75, 3.05) is 45.1 Å². The zero-order chi connectivity index (χ0) is 27.6. The summed E-state index contributed by atoms with van der Waals surface area (Å²) in [7, 11) is 2.26. The molecule has 204 valence electrons. The highest BCUT2D eigenvalue weighted by Crippen LogP contribution is 2.45. The van der Waals surface area contributed by atoms with E-state index in [4.69, 9.17) is 4.79 Å². The van der Waals surface area contributed by atoms with Crippen LogP contribution in [0, 0.1) is 0 Å². The van der Waals surface area contributed by atoms with Crippen molar-refractivity contribution in [3.05, 3.63) is 61.2 Å². The van der Waals surface area contributed by atoms with Crippen LogP contribution in [0.4, 0.5) is 5.69 Å². The minimum absolute atomic E-state index is 0.339. The lowest BCUT2D eigenvalue weighted by molar-refractivity contribution is -0.106. The summed E-state index contributed by atoms with van der Waals surface area (Å²) in [5.41, 5.74) is 6.00. The van der Waals surface area contributed by atoms with Crippen molar-refractivity contribution in [1.82, 2.24) is 9.80 Å². The number of nitrogens with one attached hydrogen (secondary N) is 1. The first kappa shape index (κ1) is 33.8. The van der Waals surface area contributed by atoms with Gasteiger partial charge in [-0.15, -0.1) is 19.7 Å². The van der Waals surface area contributed by atoms with E-state index >= 15 is 0 Å². The summed E-state index contributed by atoms with van der Waals surface area (Å²) in [4.78, 5) is 14.1. The van der Waals surface area contributed by atoms with Crippen LogP contribution in [-0.4, -0.2) is 61.9 Å². The molecule has 2 fully saturated rings. The van der Waals surface area contributed by atoms with Gasteiger partial charge in [0.15, 0.2) is 0 Å². The van der Waals surface area contributed by atoms with Gasteiger partial charge in [0.2, 0.25) is 0 Å². The summed E-state index contributed by atoms with van der Waals surface area (Å²) in [6.07, 6.45) is 11.2. The standard InChI is InChI=1S/C24H35N3.C2H4O.2C2H6.C2H4/c1-4-5-6-19(2)20-7-8-23-22(17-20)24(18-25-23)11-15-27(16-12-24)21-9-13-26(3)14-10-21;1-2-3;3*1-2/h4,6-8,17,21,25H,1,5,9-16,18H2,2-3H3;2H,1H3;2*1-2H3;1-2H2/b19-6+;;;;. The lowest BCUT2D eigenvalue weighted by Crippen LogP contribution is -2.50. The smallest absolute Gasteiger partial charge is 0.116 e. The fraction of sp³-hybridized carbons (Fsp3) is 0.594. The number of piperidine rings is 2. The Bertz CT molecular complexity index is 770. The number of allylic oxidation sites excluding steroid dienone is 3. The lowest BCUT2D eigenvalue weighted by Gasteiger charge is -2.44. The molecule has 0 amide bonds. The molecule has 0 unspecified atom stereocenters. The maximum absolute atomic E-state index is 8.81. The van der Waals surface area contributed by atoms with Gasteiger partial charge in [0.1, 0.15) is 6.29 Å². The summed E-state index contributed by atoms with van der Waals surface area (Å²) >= 11 is 0. The van der Waals surface area contributed by atoms with Crippen LogP contribution in [0.1, 0.15) is 84.8 Å². The Balaban J connectivity index is 0.00000122. The molecule has 4 nitrogen and oxygen atoms in total. The van der Waals surface area contributed by atoms with Crippen LogP contribution < -0.4 is 5.32 Å². The van der Waals surface area contributed by atoms with E-state index in [0.29, 0.717) is 5.41 Å². The molecule has 3 aliphatic rings. The molecule has 0 aliphatic carbocycles. The average molecular weight is 498 g/mol. The number of fused-ring (bicyclic) bond motifs is 2. The second-order valence-corrected chi connectivity index (χ2v) is 9.11. The van der Waals surface area contributed by atoms with E-state index in [-0.39, 0.29) is 0 Å². The molecule has 4 rings (SSSR count). The average Bonchev–Trinajstić information content (AvgIpc) is 3.29. The van der Waals surface area contributed by atoms with Gasteiger partial charge in [-0.1, -0.05) is 45.9 Å². The normalized spacial score (nSPS) is 18.8. The van der Waals surface area contributed by atoms with Crippen molar-refractivity contribution in [3.8, 4) is 0 Å². The van der Waals surface area contributed by atoms with Gasteiger partial charge < -0.3 is 19.9 Å². The van der Waals surface area contributed by atoms with Crippen LogP contribution in [0.2, 0.25) is 0 Å². The monoisotopic (exact) mass is 497 g/mol. The molecule has 3 heterocycles. The molecular formula is C32H55N3O. The lowest BCUT2D eigenvalue weighted by atomic mass is 9.73. The third-order valence-electron chi connectivity index (χ3n) is 7.21. The van der Waals surface area contributed by atoms with Crippen LogP contribution in [0.5, 0.6) is 0 Å². The Morgan fingerprint density at radius 1 is 1.08 bits per heavy atom. The van der Waals surface area contributed by atoms with Crippen molar-refractivity contribution in [2.24, 2.45) is 0 Å². The number of hydrogen-bond donors (Lipinski definition) is 1. The molecule has 1 aromatic carbocycles. The van der Waals surface area contributed by atoms with Crippen LogP contribution in [0.15, 0.2) is 50.1 Å². The van der Waals surface area contributed by atoms with Crippen molar-refractivity contribution in [3.63, 3.8) is 0 Å². The van der Waals surface area contributed by atoms with E-state index in [0.717, 1.165) is 25.3 Å². The van der Waals surface area contributed by atoms with Crippen molar-refractivity contribution in [1.29, 1.82) is 0 Å². The van der Waals surface area contributed by atoms with Crippen molar-refractivity contribution in [2.45, 2.75) is 85.1 Å². The van der Waals surface area contributed by atoms with E-state index < -0.39 is 0 Å². The SMILES string of the molecule is C=C.C=CC/C=C(\C)c1ccc2c(c1)C1(CCN(C3CCN(C)CC3)CC1)CN2.CC.CC.CC=O. The van der Waals surface area contributed by atoms with Gasteiger partial charge >= 0.3 is 0 Å². The van der Waals surface area contributed by atoms with E-state index in [1.54, 1.807) is 5.56 Å². The predicted octanol–water partition coefficient (Wildman–Crippen LogP) is 7.58. The number of carbonyl (C=O) groups is 1. The highest BCUT2D eigenvalue weighted by atomic mass is 16.1. The van der Waals surface area contributed by atoms with Gasteiger partial charge in [0.25, 0.3) is 0 Å². The summed E-state index contributed by atoms with van der Waals surface area (Å²) in [5.74, 6) is 0. The fourth-order valence-electron chi connectivity index (χ4n) is 5.24. The Labute approximate surface area is 223 Å². The zero-order valence-corrected chi connectivity index (χ0v) is 24.5. The number of anilines is 1. The maximum Gasteiger partial charge on any atom is 0.116 e. The molecule has 0 radical (unpaired) electrons. The minimum atomic E-state index is 0.339.